The van der Waals surface area contributed by atoms with Gasteiger partial charge in [0.15, 0.2) is 5.84 Å². The van der Waals surface area contributed by atoms with Crippen molar-refractivity contribution in [3.8, 4) is 0 Å². The first-order valence-electron chi connectivity index (χ1n) is 6.48. The number of benzene rings is 1. The van der Waals surface area contributed by atoms with E-state index in [0.717, 1.165) is 18.4 Å². The fraction of sp³-hybridized carbons (Fsp3) is 0.429. The Morgan fingerprint density at radius 2 is 2.11 bits per heavy atom. The van der Waals surface area contributed by atoms with Gasteiger partial charge in [-0.25, -0.2) is 0 Å². The van der Waals surface area contributed by atoms with Crippen molar-refractivity contribution < 1.29 is 10.0 Å². The summed E-state index contributed by atoms with van der Waals surface area (Å²) in [6, 6.07) is 9.53. The van der Waals surface area contributed by atoms with Crippen molar-refractivity contribution in [1.82, 2.24) is 5.32 Å². The van der Waals surface area contributed by atoms with E-state index in [1.54, 1.807) is 0 Å². The Hall–Kier alpha value is -2.04. The highest BCUT2D eigenvalue weighted by atomic mass is 16.4. The summed E-state index contributed by atoms with van der Waals surface area (Å²) < 4.78 is 0. The van der Waals surface area contributed by atoms with Gasteiger partial charge in [0.1, 0.15) is 5.92 Å². The third-order valence-corrected chi connectivity index (χ3v) is 2.90. The van der Waals surface area contributed by atoms with Crippen molar-refractivity contribution in [3.05, 3.63) is 35.9 Å². The Labute approximate surface area is 113 Å². The van der Waals surface area contributed by atoms with Crippen molar-refractivity contribution in [3.63, 3.8) is 0 Å². The molecule has 0 aliphatic rings. The Kier molecular flexibility index (Phi) is 6.43. The first-order valence-corrected chi connectivity index (χ1v) is 6.48. The Balaban J connectivity index is 2.70. The zero-order chi connectivity index (χ0) is 14.1. The van der Waals surface area contributed by atoms with Gasteiger partial charge in [-0.1, -0.05) is 48.8 Å². The number of nitrogens with zero attached hydrogens (tertiary/aromatic N) is 1. The fourth-order valence-electron chi connectivity index (χ4n) is 1.76. The standard InChI is InChI=1S/C14H21N3O2/c1-2-3-9-16-14(18)12(13(15)17-19)10-11-7-5-4-6-8-11/h4-8,12,19H,2-3,9-10H2,1H3,(H2,15,17)(H,16,18). The van der Waals surface area contributed by atoms with Gasteiger partial charge in [0, 0.05) is 6.54 Å². The van der Waals surface area contributed by atoms with E-state index in [-0.39, 0.29) is 11.7 Å². The summed E-state index contributed by atoms with van der Waals surface area (Å²) in [4.78, 5) is 12.0. The molecule has 0 spiro atoms. The largest absolute Gasteiger partial charge is 0.409 e. The van der Waals surface area contributed by atoms with Crippen LogP contribution in [-0.4, -0.2) is 23.5 Å². The number of amidine groups is 1. The Morgan fingerprint density at radius 1 is 1.42 bits per heavy atom. The van der Waals surface area contributed by atoms with Crippen LogP contribution in [0.1, 0.15) is 25.3 Å². The average molecular weight is 263 g/mol. The van der Waals surface area contributed by atoms with Crippen LogP contribution < -0.4 is 11.1 Å². The van der Waals surface area contributed by atoms with Crippen LogP contribution in [0.2, 0.25) is 0 Å². The summed E-state index contributed by atoms with van der Waals surface area (Å²) in [6.07, 6.45) is 2.35. The first kappa shape index (κ1) is 15.0. The highest BCUT2D eigenvalue weighted by Crippen LogP contribution is 2.09. The number of amides is 1. The van der Waals surface area contributed by atoms with E-state index in [2.05, 4.69) is 17.4 Å². The van der Waals surface area contributed by atoms with Gasteiger partial charge in [-0.2, -0.15) is 0 Å². The average Bonchev–Trinajstić information content (AvgIpc) is 2.45. The lowest BCUT2D eigenvalue weighted by atomic mass is 9.97. The number of oxime groups is 1. The molecule has 4 N–H and O–H groups in total. The Bertz CT molecular complexity index is 418. The Morgan fingerprint density at radius 3 is 2.68 bits per heavy atom. The zero-order valence-corrected chi connectivity index (χ0v) is 11.2. The molecular formula is C14H21N3O2. The third-order valence-electron chi connectivity index (χ3n) is 2.90. The number of carbonyl (C=O) groups is 1. The predicted octanol–water partition coefficient (Wildman–Crippen LogP) is 1.51. The van der Waals surface area contributed by atoms with Crippen molar-refractivity contribution in [2.45, 2.75) is 26.2 Å². The fourth-order valence-corrected chi connectivity index (χ4v) is 1.76. The molecule has 1 aromatic carbocycles. The summed E-state index contributed by atoms with van der Waals surface area (Å²) in [5.74, 6) is -0.894. The van der Waals surface area contributed by atoms with E-state index >= 15 is 0 Å². The van der Waals surface area contributed by atoms with Crippen LogP contribution in [-0.2, 0) is 11.2 Å². The molecule has 0 fully saturated rings. The first-order chi connectivity index (χ1) is 9.19. The molecular weight excluding hydrogens is 242 g/mol. The van der Waals surface area contributed by atoms with Crippen LogP contribution in [0.15, 0.2) is 35.5 Å². The van der Waals surface area contributed by atoms with E-state index in [0.29, 0.717) is 13.0 Å². The summed E-state index contributed by atoms with van der Waals surface area (Å²) in [7, 11) is 0. The molecule has 19 heavy (non-hydrogen) atoms. The lowest BCUT2D eigenvalue weighted by Gasteiger charge is -2.15. The monoisotopic (exact) mass is 263 g/mol. The molecule has 1 atom stereocenters. The highest BCUT2D eigenvalue weighted by molar-refractivity contribution is 6.02. The normalized spacial score (nSPS) is 13.0. The number of nitrogens with one attached hydrogen (secondary N) is 1. The smallest absolute Gasteiger partial charge is 0.231 e. The SMILES string of the molecule is CCCCNC(=O)C(Cc1ccccc1)C(N)=NO. The molecule has 0 radical (unpaired) electrons. The minimum atomic E-state index is -0.635. The lowest BCUT2D eigenvalue weighted by molar-refractivity contribution is -0.123. The molecule has 0 saturated carbocycles. The molecule has 1 unspecified atom stereocenters. The molecule has 0 heterocycles. The van der Waals surface area contributed by atoms with Gasteiger partial charge < -0.3 is 16.3 Å². The molecule has 5 heteroatoms. The van der Waals surface area contributed by atoms with Crippen molar-refractivity contribution in [2.75, 3.05) is 6.54 Å². The van der Waals surface area contributed by atoms with Crippen LogP contribution in [0.25, 0.3) is 0 Å². The van der Waals surface area contributed by atoms with Crippen molar-refractivity contribution >= 4 is 11.7 Å². The molecule has 0 aliphatic carbocycles. The van der Waals surface area contributed by atoms with Gasteiger partial charge in [-0.3, -0.25) is 4.79 Å². The number of nitrogens with two attached hydrogens (primary N) is 1. The maximum atomic E-state index is 12.0. The maximum absolute atomic E-state index is 12.0. The van der Waals surface area contributed by atoms with Crippen molar-refractivity contribution in [2.24, 2.45) is 16.8 Å². The van der Waals surface area contributed by atoms with Gasteiger partial charge in [-0.15, -0.1) is 0 Å². The van der Waals surface area contributed by atoms with Gasteiger partial charge in [0.2, 0.25) is 5.91 Å². The molecule has 0 aliphatic heterocycles. The zero-order valence-electron chi connectivity index (χ0n) is 11.2. The molecule has 0 saturated heterocycles. The van der Waals surface area contributed by atoms with E-state index in [9.17, 15) is 4.79 Å². The predicted molar refractivity (Wildman–Crippen MR) is 75.0 cm³/mol. The van der Waals surface area contributed by atoms with Gasteiger partial charge in [0.25, 0.3) is 0 Å². The van der Waals surface area contributed by atoms with Crippen LogP contribution in [0.3, 0.4) is 0 Å². The molecule has 1 aromatic rings. The molecule has 1 amide bonds. The highest BCUT2D eigenvalue weighted by Gasteiger charge is 2.23. The van der Waals surface area contributed by atoms with Crippen LogP contribution in [0, 0.1) is 5.92 Å². The van der Waals surface area contributed by atoms with E-state index in [1.165, 1.54) is 0 Å². The topological polar surface area (TPSA) is 87.7 Å². The summed E-state index contributed by atoms with van der Waals surface area (Å²) in [5, 5.41) is 14.6. The number of unbranched alkanes of at least 4 members (excludes halogenated alkanes) is 1. The minimum Gasteiger partial charge on any atom is -0.409 e. The second kappa shape index (κ2) is 8.13. The molecule has 0 bridgehead atoms. The minimum absolute atomic E-state index is 0.0575. The molecule has 5 nitrogen and oxygen atoms in total. The maximum Gasteiger partial charge on any atom is 0.231 e. The van der Waals surface area contributed by atoms with E-state index in [4.69, 9.17) is 10.9 Å². The summed E-state index contributed by atoms with van der Waals surface area (Å²) in [5.41, 5.74) is 6.59. The van der Waals surface area contributed by atoms with E-state index in [1.807, 2.05) is 30.3 Å². The van der Waals surface area contributed by atoms with Crippen LogP contribution in [0.5, 0.6) is 0 Å². The number of carbonyl (C=O) groups excluding carboxylic acids is 1. The lowest BCUT2D eigenvalue weighted by Crippen LogP contribution is -2.40. The van der Waals surface area contributed by atoms with Gasteiger partial charge >= 0.3 is 0 Å². The van der Waals surface area contributed by atoms with Crippen LogP contribution in [0.4, 0.5) is 0 Å². The van der Waals surface area contributed by atoms with Gasteiger partial charge in [-0.05, 0) is 18.4 Å². The molecule has 0 aromatic heterocycles. The number of rotatable bonds is 7. The molecule has 104 valence electrons. The number of hydrogen-bond donors (Lipinski definition) is 3. The van der Waals surface area contributed by atoms with Gasteiger partial charge in [0.05, 0.1) is 0 Å². The van der Waals surface area contributed by atoms with Crippen molar-refractivity contribution in [1.29, 1.82) is 0 Å². The van der Waals surface area contributed by atoms with Crippen LogP contribution >= 0.6 is 0 Å². The van der Waals surface area contributed by atoms with E-state index < -0.39 is 5.92 Å². The quantitative estimate of drug-likeness (QED) is 0.229. The number of hydrogen-bond acceptors (Lipinski definition) is 3. The molecule has 1 rings (SSSR count). The summed E-state index contributed by atoms with van der Waals surface area (Å²) in [6.45, 7) is 2.66. The summed E-state index contributed by atoms with van der Waals surface area (Å²) >= 11 is 0. The third kappa shape index (κ3) is 4.99. The second-order valence-electron chi connectivity index (χ2n) is 4.41. The second-order valence-corrected chi connectivity index (χ2v) is 4.41.